The standard InChI is InChI=1S/C21H21N5O2/c1-14-3-5-19(9-17(14)11-23-15(2)27)26-21(28)6-4-16-10-22-8-7-20(16)18-12-24-25-13-18/h3-10,12-13H,11H2,1-2H3,(H,23,27)(H,24,25)(H,26,28)/b6-4+. The molecule has 0 aliphatic rings. The molecule has 0 saturated heterocycles. The smallest absolute Gasteiger partial charge is 0.248 e. The van der Waals surface area contributed by atoms with E-state index in [1.54, 1.807) is 30.9 Å². The fraction of sp³-hybridized carbons (Fsp3) is 0.143. The molecule has 142 valence electrons. The molecule has 7 nitrogen and oxygen atoms in total. The largest absolute Gasteiger partial charge is 0.352 e. The summed E-state index contributed by atoms with van der Waals surface area (Å²) in [6, 6.07) is 7.47. The molecule has 3 rings (SSSR count). The molecule has 28 heavy (non-hydrogen) atoms. The van der Waals surface area contributed by atoms with E-state index in [2.05, 4.69) is 25.8 Å². The third-order valence-electron chi connectivity index (χ3n) is 4.22. The van der Waals surface area contributed by atoms with Gasteiger partial charge in [-0.05, 0) is 47.9 Å². The molecule has 0 aliphatic carbocycles. The van der Waals surface area contributed by atoms with Crippen LogP contribution in [0.5, 0.6) is 0 Å². The molecule has 2 amide bonds. The lowest BCUT2D eigenvalue weighted by Gasteiger charge is -2.10. The molecule has 0 radical (unpaired) electrons. The number of hydrogen-bond donors (Lipinski definition) is 3. The summed E-state index contributed by atoms with van der Waals surface area (Å²) in [6.45, 7) is 3.86. The molecule has 0 aliphatic heterocycles. The topological polar surface area (TPSA) is 99.8 Å². The molecule has 2 aromatic heterocycles. The van der Waals surface area contributed by atoms with Gasteiger partial charge in [0.15, 0.2) is 0 Å². The highest BCUT2D eigenvalue weighted by Gasteiger charge is 2.06. The van der Waals surface area contributed by atoms with Crippen LogP contribution in [0.2, 0.25) is 0 Å². The van der Waals surface area contributed by atoms with Crippen LogP contribution >= 0.6 is 0 Å². The van der Waals surface area contributed by atoms with Crippen molar-refractivity contribution in [2.45, 2.75) is 20.4 Å². The predicted octanol–water partition coefficient (Wildman–Crippen LogP) is 3.07. The Morgan fingerprint density at radius 2 is 2.07 bits per heavy atom. The number of H-pyrrole nitrogens is 1. The zero-order valence-corrected chi connectivity index (χ0v) is 15.7. The molecule has 7 heteroatoms. The van der Waals surface area contributed by atoms with Crippen LogP contribution in [0.15, 0.2) is 55.1 Å². The molecular formula is C21H21N5O2. The van der Waals surface area contributed by atoms with Crippen LogP contribution in [-0.4, -0.2) is 27.0 Å². The third kappa shape index (κ3) is 4.91. The second kappa shape index (κ2) is 8.77. The van der Waals surface area contributed by atoms with Gasteiger partial charge in [-0.25, -0.2) is 0 Å². The first-order valence-corrected chi connectivity index (χ1v) is 8.79. The fourth-order valence-corrected chi connectivity index (χ4v) is 2.71. The van der Waals surface area contributed by atoms with E-state index in [9.17, 15) is 9.59 Å². The van der Waals surface area contributed by atoms with Crippen molar-refractivity contribution < 1.29 is 9.59 Å². The van der Waals surface area contributed by atoms with Crippen molar-refractivity contribution in [1.82, 2.24) is 20.5 Å². The number of hydrogen-bond acceptors (Lipinski definition) is 4. The highest BCUT2D eigenvalue weighted by atomic mass is 16.2. The molecule has 2 heterocycles. The van der Waals surface area contributed by atoms with Crippen molar-refractivity contribution in [3.63, 3.8) is 0 Å². The Hall–Kier alpha value is -3.74. The Bertz CT molecular complexity index is 1010. The fourth-order valence-electron chi connectivity index (χ4n) is 2.71. The first-order valence-electron chi connectivity index (χ1n) is 8.79. The number of nitrogens with one attached hydrogen (secondary N) is 3. The van der Waals surface area contributed by atoms with Crippen LogP contribution in [0.25, 0.3) is 17.2 Å². The molecule has 0 unspecified atom stereocenters. The Labute approximate surface area is 162 Å². The lowest BCUT2D eigenvalue weighted by atomic mass is 10.0. The molecule has 3 N–H and O–H groups in total. The van der Waals surface area contributed by atoms with Crippen molar-refractivity contribution >= 4 is 23.6 Å². The summed E-state index contributed by atoms with van der Waals surface area (Å²) >= 11 is 0. The van der Waals surface area contributed by atoms with Crippen molar-refractivity contribution in [3.05, 3.63) is 71.8 Å². The van der Waals surface area contributed by atoms with E-state index < -0.39 is 0 Å². The van der Waals surface area contributed by atoms with Crippen molar-refractivity contribution in [3.8, 4) is 11.1 Å². The number of amides is 2. The summed E-state index contributed by atoms with van der Waals surface area (Å²) < 4.78 is 0. The number of carbonyl (C=O) groups excluding carboxylic acids is 2. The number of carbonyl (C=O) groups is 2. The summed E-state index contributed by atoms with van der Waals surface area (Å²) in [5.74, 6) is -0.349. The van der Waals surface area contributed by atoms with E-state index >= 15 is 0 Å². The monoisotopic (exact) mass is 375 g/mol. The zero-order chi connectivity index (χ0) is 19.9. The summed E-state index contributed by atoms with van der Waals surface area (Å²) in [4.78, 5) is 27.6. The van der Waals surface area contributed by atoms with E-state index in [1.807, 2.05) is 31.2 Å². The molecule has 3 aromatic rings. The quantitative estimate of drug-likeness (QED) is 0.577. The third-order valence-corrected chi connectivity index (χ3v) is 4.22. The average Bonchev–Trinajstić information content (AvgIpc) is 3.21. The van der Waals surface area contributed by atoms with Gasteiger partial charge in [0.25, 0.3) is 0 Å². The lowest BCUT2D eigenvalue weighted by Crippen LogP contribution is -2.19. The van der Waals surface area contributed by atoms with Crippen LogP contribution in [-0.2, 0) is 16.1 Å². The van der Waals surface area contributed by atoms with Crippen LogP contribution < -0.4 is 10.6 Å². The first kappa shape index (κ1) is 19.0. The van der Waals surface area contributed by atoms with E-state index in [0.717, 1.165) is 27.8 Å². The molecule has 0 fully saturated rings. The second-order valence-corrected chi connectivity index (χ2v) is 6.32. The molecule has 0 bridgehead atoms. The van der Waals surface area contributed by atoms with Gasteiger partial charge in [-0.15, -0.1) is 0 Å². The molecular weight excluding hydrogens is 354 g/mol. The molecule has 0 spiro atoms. The average molecular weight is 375 g/mol. The number of aryl methyl sites for hydroxylation is 1. The number of aromatic amines is 1. The number of rotatable bonds is 6. The Kier molecular flexibility index (Phi) is 5.96. The van der Waals surface area contributed by atoms with Crippen LogP contribution in [0.1, 0.15) is 23.6 Å². The normalized spacial score (nSPS) is 10.8. The van der Waals surface area contributed by atoms with Gasteiger partial charge >= 0.3 is 0 Å². The summed E-state index contributed by atoms with van der Waals surface area (Å²) in [5.41, 5.74) is 5.33. The Balaban J connectivity index is 1.71. The van der Waals surface area contributed by atoms with E-state index in [1.165, 1.54) is 13.0 Å². The number of aromatic nitrogens is 3. The number of pyridine rings is 1. The Morgan fingerprint density at radius 3 is 2.82 bits per heavy atom. The molecule has 0 atom stereocenters. The van der Waals surface area contributed by atoms with Gasteiger partial charge in [-0.3, -0.25) is 19.7 Å². The van der Waals surface area contributed by atoms with Gasteiger partial charge in [-0.2, -0.15) is 5.10 Å². The predicted molar refractivity (Wildman–Crippen MR) is 108 cm³/mol. The number of anilines is 1. The van der Waals surface area contributed by atoms with Gasteiger partial charge < -0.3 is 10.6 Å². The van der Waals surface area contributed by atoms with E-state index in [0.29, 0.717) is 12.2 Å². The minimum Gasteiger partial charge on any atom is -0.352 e. The minimum atomic E-state index is -0.253. The first-order chi connectivity index (χ1) is 13.5. The van der Waals surface area contributed by atoms with Crippen molar-refractivity contribution in [1.29, 1.82) is 0 Å². The summed E-state index contributed by atoms with van der Waals surface area (Å²) in [6.07, 6.45) is 10.1. The highest BCUT2D eigenvalue weighted by molar-refractivity contribution is 6.02. The highest BCUT2D eigenvalue weighted by Crippen LogP contribution is 2.22. The number of benzene rings is 1. The van der Waals surface area contributed by atoms with E-state index in [-0.39, 0.29) is 11.8 Å². The molecule has 1 aromatic carbocycles. The Morgan fingerprint density at radius 1 is 1.21 bits per heavy atom. The van der Waals surface area contributed by atoms with E-state index in [4.69, 9.17) is 0 Å². The summed E-state index contributed by atoms with van der Waals surface area (Å²) in [5, 5.41) is 12.4. The zero-order valence-electron chi connectivity index (χ0n) is 15.7. The van der Waals surface area contributed by atoms with Gasteiger partial charge in [-0.1, -0.05) is 6.07 Å². The second-order valence-electron chi connectivity index (χ2n) is 6.32. The van der Waals surface area contributed by atoms with Crippen molar-refractivity contribution in [2.75, 3.05) is 5.32 Å². The van der Waals surface area contributed by atoms with Crippen molar-refractivity contribution in [2.24, 2.45) is 0 Å². The summed E-state index contributed by atoms with van der Waals surface area (Å²) in [7, 11) is 0. The maximum atomic E-state index is 12.3. The van der Waals surface area contributed by atoms with Gasteiger partial charge in [0, 0.05) is 54.9 Å². The van der Waals surface area contributed by atoms with Gasteiger partial charge in [0.05, 0.1) is 6.20 Å². The van der Waals surface area contributed by atoms with Crippen LogP contribution in [0.3, 0.4) is 0 Å². The lowest BCUT2D eigenvalue weighted by molar-refractivity contribution is -0.119. The SMILES string of the molecule is CC(=O)NCc1cc(NC(=O)/C=C/c2cnccc2-c2cn[nH]c2)ccc1C. The van der Waals surface area contributed by atoms with Gasteiger partial charge in [0.2, 0.25) is 11.8 Å². The maximum absolute atomic E-state index is 12.3. The van der Waals surface area contributed by atoms with Crippen LogP contribution in [0, 0.1) is 6.92 Å². The minimum absolute atomic E-state index is 0.0957. The van der Waals surface area contributed by atoms with Crippen LogP contribution in [0.4, 0.5) is 5.69 Å². The molecule has 0 saturated carbocycles. The maximum Gasteiger partial charge on any atom is 0.248 e. The van der Waals surface area contributed by atoms with Gasteiger partial charge in [0.1, 0.15) is 0 Å². The number of nitrogens with zero attached hydrogens (tertiary/aromatic N) is 2.